The molecular weight excluding hydrogens is 212 g/mol. The van der Waals surface area contributed by atoms with Crippen LogP contribution in [-0.4, -0.2) is 49.8 Å². The fraction of sp³-hybridized carbons (Fsp3) is 1.00. The SMILES string of the molecule is CC1CC(NCC2CCN(C)CC2)CC(C)O1. The zero-order valence-electron chi connectivity index (χ0n) is 11.6. The molecule has 2 heterocycles. The minimum absolute atomic E-state index is 0.425. The zero-order valence-corrected chi connectivity index (χ0v) is 11.6. The smallest absolute Gasteiger partial charge is 0.0565 e. The van der Waals surface area contributed by atoms with E-state index in [2.05, 4.69) is 31.1 Å². The number of likely N-dealkylation sites (tertiary alicyclic amines) is 1. The van der Waals surface area contributed by atoms with Gasteiger partial charge in [0.15, 0.2) is 0 Å². The van der Waals surface area contributed by atoms with Crippen LogP contribution in [0.1, 0.15) is 39.5 Å². The predicted octanol–water partition coefficient (Wildman–Crippen LogP) is 1.87. The van der Waals surface area contributed by atoms with Crippen molar-refractivity contribution in [3.63, 3.8) is 0 Å². The molecule has 2 fully saturated rings. The molecule has 2 rings (SSSR count). The highest BCUT2D eigenvalue weighted by Gasteiger charge is 2.25. The van der Waals surface area contributed by atoms with Gasteiger partial charge in [0, 0.05) is 6.04 Å². The van der Waals surface area contributed by atoms with Crippen molar-refractivity contribution >= 4 is 0 Å². The van der Waals surface area contributed by atoms with Crippen LogP contribution in [0.4, 0.5) is 0 Å². The van der Waals surface area contributed by atoms with E-state index in [1.165, 1.54) is 45.3 Å². The lowest BCUT2D eigenvalue weighted by atomic mass is 9.95. The Morgan fingerprint density at radius 3 is 2.29 bits per heavy atom. The highest BCUT2D eigenvalue weighted by molar-refractivity contribution is 4.80. The maximum Gasteiger partial charge on any atom is 0.0565 e. The Balaban J connectivity index is 1.67. The molecule has 0 aliphatic carbocycles. The predicted molar refractivity (Wildman–Crippen MR) is 71.3 cm³/mol. The van der Waals surface area contributed by atoms with Crippen molar-refractivity contribution in [2.75, 3.05) is 26.7 Å². The molecule has 2 atom stereocenters. The summed E-state index contributed by atoms with van der Waals surface area (Å²) in [7, 11) is 2.23. The molecule has 100 valence electrons. The second-order valence-corrected chi connectivity index (χ2v) is 6.08. The second-order valence-electron chi connectivity index (χ2n) is 6.08. The normalized spacial score (nSPS) is 37.2. The maximum atomic E-state index is 5.78. The molecule has 1 N–H and O–H groups in total. The second kappa shape index (κ2) is 6.17. The van der Waals surface area contributed by atoms with Crippen LogP contribution in [0.15, 0.2) is 0 Å². The fourth-order valence-corrected chi connectivity index (χ4v) is 3.17. The van der Waals surface area contributed by atoms with Gasteiger partial charge in [0.1, 0.15) is 0 Å². The van der Waals surface area contributed by atoms with Gasteiger partial charge in [-0.05, 0) is 72.1 Å². The van der Waals surface area contributed by atoms with Crippen LogP contribution < -0.4 is 5.32 Å². The van der Waals surface area contributed by atoms with Gasteiger partial charge in [0.2, 0.25) is 0 Å². The van der Waals surface area contributed by atoms with Crippen molar-refractivity contribution in [1.82, 2.24) is 10.2 Å². The Kier molecular flexibility index (Phi) is 4.83. The number of nitrogens with one attached hydrogen (secondary N) is 1. The summed E-state index contributed by atoms with van der Waals surface area (Å²) >= 11 is 0. The molecule has 0 amide bonds. The Morgan fingerprint density at radius 1 is 1.12 bits per heavy atom. The van der Waals surface area contributed by atoms with Crippen LogP contribution in [0.2, 0.25) is 0 Å². The Bertz CT molecular complexity index is 216. The number of ether oxygens (including phenoxy) is 1. The summed E-state index contributed by atoms with van der Waals surface area (Å²) in [6.45, 7) is 8.14. The van der Waals surface area contributed by atoms with E-state index < -0.39 is 0 Å². The van der Waals surface area contributed by atoms with Crippen molar-refractivity contribution in [2.45, 2.75) is 57.8 Å². The van der Waals surface area contributed by atoms with E-state index in [1.807, 2.05) is 0 Å². The molecule has 0 radical (unpaired) electrons. The molecule has 17 heavy (non-hydrogen) atoms. The number of hydrogen-bond acceptors (Lipinski definition) is 3. The molecule has 3 nitrogen and oxygen atoms in total. The van der Waals surface area contributed by atoms with Crippen molar-refractivity contribution in [3.05, 3.63) is 0 Å². The Morgan fingerprint density at radius 2 is 1.71 bits per heavy atom. The third-order valence-corrected chi connectivity index (χ3v) is 4.23. The van der Waals surface area contributed by atoms with Crippen molar-refractivity contribution in [2.24, 2.45) is 5.92 Å². The summed E-state index contributed by atoms with van der Waals surface area (Å²) in [5, 5.41) is 3.77. The van der Waals surface area contributed by atoms with Crippen molar-refractivity contribution in [1.29, 1.82) is 0 Å². The van der Waals surface area contributed by atoms with Crippen LogP contribution >= 0.6 is 0 Å². The topological polar surface area (TPSA) is 24.5 Å². The summed E-state index contributed by atoms with van der Waals surface area (Å²) in [6, 6.07) is 0.674. The van der Waals surface area contributed by atoms with Gasteiger partial charge < -0.3 is 15.0 Å². The number of rotatable bonds is 3. The van der Waals surface area contributed by atoms with E-state index in [1.54, 1.807) is 0 Å². The molecular formula is C14H28N2O. The lowest BCUT2D eigenvalue weighted by molar-refractivity contribution is -0.0426. The Labute approximate surface area is 106 Å². The first kappa shape index (κ1) is 13.3. The van der Waals surface area contributed by atoms with Gasteiger partial charge >= 0.3 is 0 Å². The molecule has 0 aromatic heterocycles. The monoisotopic (exact) mass is 240 g/mol. The summed E-state index contributed by atoms with van der Waals surface area (Å²) < 4.78 is 5.78. The standard InChI is InChI=1S/C14H28N2O/c1-11-8-14(9-12(2)17-11)15-10-13-4-6-16(3)7-5-13/h11-15H,4-10H2,1-3H3. The average molecular weight is 240 g/mol. The van der Waals surface area contributed by atoms with Crippen LogP contribution in [0.5, 0.6) is 0 Å². The average Bonchev–Trinajstić information content (AvgIpc) is 2.27. The summed E-state index contributed by atoms with van der Waals surface area (Å²) in [5.74, 6) is 0.889. The Hall–Kier alpha value is -0.120. The molecule has 0 aromatic carbocycles. The van der Waals surface area contributed by atoms with Gasteiger partial charge in [-0.1, -0.05) is 0 Å². The number of nitrogens with zero attached hydrogens (tertiary/aromatic N) is 1. The van der Waals surface area contributed by atoms with Gasteiger partial charge in [-0.15, -0.1) is 0 Å². The summed E-state index contributed by atoms with van der Waals surface area (Å²) in [4.78, 5) is 2.44. The maximum absolute atomic E-state index is 5.78. The summed E-state index contributed by atoms with van der Waals surface area (Å²) in [5.41, 5.74) is 0. The lowest BCUT2D eigenvalue weighted by Gasteiger charge is -2.35. The quantitative estimate of drug-likeness (QED) is 0.815. The fourth-order valence-electron chi connectivity index (χ4n) is 3.17. The first-order valence-corrected chi connectivity index (χ1v) is 7.21. The van der Waals surface area contributed by atoms with Gasteiger partial charge in [0.05, 0.1) is 12.2 Å². The first-order valence-electron chi connectivity index (χ1n) is 7.21. The van der Waals surface area contributed by atoms with Crippen LogP contribution in [0.3, 0.4) is 0 Å². The minimum Gasteiger partial charge on any atom is -0.375 e. The molecule has 2 saturated heterocycles. The molecule has 2 aliphatic rings. The van der Waals surface area contributed by atoms with E-state index in [-0.39, 0.29) is 0 Å². The summed E-state index contributed by atoms with van der Waals surface area (Å²) in [6.07, 6.45) is 5.92. The van der Waals surface area contributed by atoms with Gasteiger partial charge in [-0.2, -0.15) is 0 Å². The highest BCUT2D eigenvalue weighted by atomic mass is 16.5. The van der Waals surface area contributed by atoms with E-state index in [4.69, 9.17) is 4.74 Å². The van der Waals surface area contributed by atoms with E-state index in [0.717, 1.165) is 5.92 Å². The highest BCUT2D eigenvalue weighted by Crippen LogP contribution is 2.20. The molecule has 2 aliphatic heterocycles. The lowest BCUT2D eigenvalue weighted by Crippen LogP contribution is -2.44. The van der Waals surface area contributed by atoms with Gasteiger partial charge in [-0.3, -0.25) is 0 Å². The molecule has 0 aromatic rings. The number of piperidine rings is 1. The first-order chi connectivity index (χ1) is 8.13. The van der Waals surface area contributed by atoms with Gasteiger partial charge in [-0.25, -0.2) is 0 Å². The van der Waals surface area contributed by atoms with E-state index >= 15 is 0 Å². The largest absolute Gasteiger partial charge is 0.375 e. The molecule has 3 heteroatoms. The number of hydrogen-bond donors (Lipinski definition) is 1. The van der Waals surface area contributed by atoms with Gasteiger partial charge in [0.25, 0.3) is 0 Å². The molecule has 0 bridgehead atoms. The third kappa shape index (κ3) is 4.23. The van der Waals surface area contributed by atoms with E-state index in [0.29, 0.717) is 18.2 Å². The molecule has 0 spiro atoms. The van der Waals surface area contributed by atoms with Crippen LogP contribution in [-0.2, 0) is 4.74 Å². The molecule has 0 saturated carbocycles. The van der Waals surface area contributed by atoms with E-state index in [9.17, 15) is 0 Å². The zero-order chi connectivity index (χ0) is 12.3. The van der Waals surface area contributed by atoms with Crippen LogP contribution in [0.25, 0.3) is 0 Å². The van der Waals surface area contributed by atoms with Crippen LogP contribution in [0, 0.1) is 5.92 Å². The third-order valence-electron chi connectivity index (χ3n) is 4.23. The van der Waals surface area contributed by atoms with Crippen molar-refractivity contribution in [3.8, 4) is 0 Å². The van der Waals surface area contributed by atoms with Crippen molar-refractivity contribution < 1.29 is 4.74 Å². The minimum atomic E-state index is 0.425. The molecule has 2 unspecified atom stereocenters.